The van der Waals surface area contributed by atoms with Crippen LogP contribution < -0.4 is 16.4 Å². The van der Waals surface area contributed by atoms with E-state index < -0.39 is 17.0 Å². The number of imidazole rings is 1. The number of para-hydroxylation sites is 2. The number of hydrogen-bond donors (Lipinski definition) is 3. The summed E-state index contributed by atoms with van der Waals surface area (Å²) in [6.07, 6.45) is 0. The summed E-state index contributed by atoms with van der Waals surface area (Å²) in [6, 6.07) is 13.8. The highest BCUT2D eigenvalue weighted by molar-refractivity contribution is 5.91. The molecule has 25 heavy (non-hydrogen) atoms. The van der Waals surface area contributed by atoms with Crippen LogP contribution >= 0.6 is 0 Å². The molecule has 8 nitrogen and oxygen atoms in total. The minimum atomic E-state index is -0.480. The Morgan fingerprint density at radius 3 is 2.56 bits per heavy atom. The van der Waals surface area contributed by atoms with Crippen molar-refractivity contribution in [1.82, 2.24) is 19.7 Å². The number of nitrogens with zero attached hydrogens (tertiary/aromatic N) is 2. The summed E-state index contributed by atoms with van der Waals surface area (Å²) in [5.41, 5.74) is 0.643. The number of carbonyl (C=O) groups excluding carboxylic acids is 1. The van der Waals surface area contributed by atoms with Gasteiger partial charge in [0.2, 0.25) is 11.9 Å². The zero-order valence-electron chi connectivity index (χ0n) is 12.9. The molecule has 0 radical (unpaired) electrons. The fourth-order valence-corrected chi connectivity index (χ4v) is 2.69. The summed E-state index contributed by atoms with van der Waals surface area (Å²) in [6.45, 7) is -0.323. The molecule has 2 aromatic heterocycles. The van der Waals surface area contributed by atoms with Crippen molar-refractivity contribution in [2.24, 2.45) is 0 Å². The van der Waals surface area contributed by atoms with Gasteiger partial charge in [-0.1, -0.05) is 24.3 Å². The molecule has 0 fully saturated rings. The molecule has 2 heterocycles. The fourth-order valence-electron chi connectivity index (χ4n) is 2.69. The van der Waals surface area contributed by atoms with Gasteiger partial charge in [0, 0.05) is 0 Å². The van der Waals surface area contributed by atoms with Gasteiger partial charge in [0.15, 0.2) is 0 Å². The average Bonchev–Trinajstić information content (AvgIpc) is 3.01. The van der Waals surface area contributed by atoms with Crippen LogP contribution in [0.2, 0.25) is 0 Å². The van der Waals surface area contributed by atoms with Crippen molar-refractivity contribution in [2.45, 2.75) is 6.54 Å². The summed E-state index contributed by atoms with van der Waals surface area (Å²) in [4.78, 5) is 43.9. The Bertz CT molecular complexity index is 1190. The molecule has 0 aliphatic heterocycles. The van der Waals surface area contributed by atoms with Crippen LogP contribution in [0.15, 0.2) is 58.1 Å². The maximum absolute atomic E-state index is 12.4. The molecule has 124 valence electrons. The third-order valence-electron chi connectivity index (χ3n) is 3.83. The van der Waals surface area contributed by atoms with Crippen molar-refractivity contribution in [3.05, 3.63) is 69.2 Å². The number of rotatable bonds is 3. The van der Waals surface area contributed by atoms with Gasteiger partial charge in [-0.2, -0.15) is 0 Å². The van der Waals surface area contributed by atoms with E-state index in [1.165, 1.54) is 0 Å². The molecule has 0 spiro atoms. The molecule has 0 bridgehead atoms. The molecule has 0 aliphatic rings. The maximum atomic E-state index is 12.4. The van der Waals surface area contributed by atoms with E-state index in [0.717, 1.165) is 10.2 Å². The van der Waals surface area contributed by atoms with Crippen LogP contribution in [-0.2, 0) is 11.3 Å². The number of nitrogens with one attached hydrogen (secondary N) is 3. The van der Waals surface area contributed by atoms with Gasteiger partial charge < -0.3 is 4.98 Å². The van der Waals surface area contributed by atoms with E-state index in [0.29, 0.717) is 10.9 Å². The van der Waals surface area contributed by atoms with E-state index in [1.54, 1.807) is 24.3 Å². The van der Waals surface area contributed by atoms with Crippen molar-refractivity contribution in [2.75, 3.05) is 5.32 Å². The number of H-pyrrole nitrogens is 2. The molecule has 4 rings (SSSR count). The largest absolute Gasteiger partial charge is 0.324 e. The molecule has 0 saturated heterocycles. The first-order valence-corrected chi connectivity index (χ1v) is 7.58. The van der Waals surface area contributed by atoms with Crippen molar-refractivity contribution in [3.63, 3.8) is 0 Å². The first-order valence-electron chi connectivity index (χ1n) is 7.58. The van der Waals surface area contributed by atoms with Gasteiger partial charge in [0.05, 0.1) is 21.8 Å². The van der Waals surface area contributed by atoms with E-state index >= 15 is 0 Å². The summed E-state index contributed by atoms with van der Waals surface area (Å²) in [5, 5.41) is 5.57. The highest BCUT2D eigenvalue weighted by atomic mass is 16.2. The lowest BCUT2D eigenvalue weighted by atomic mass is 10.2. The predicted octanol–water partition coefficient (Wildman–Crippen LogP) is 1.20. The van der Waals surface area contributed by atoms with Crippen LogP contribution in [0.3, 0.4) is 0 Å². The van der Waals surface area contributed by atoms with E-state index in [2.05, 4.69) is 20.4 Å². The van der Waals surface area contributed by atoms with Crippen molar-refractivity contribution in [3.8, 4) is 0 Å². The number of aromatic nitrogens is 4. The highest BCUT2D eigenvalue weighted by Crippen LogP contribution is 2.13. The number of aromatic amines is 2. The van der Waals surface area contributed by atoms with Crippen LogP contribution in [0.5, 0.6) is 0 Å². The Balaban J connectivity index is 1.62. The Morgan fingerprint density at radius 1 is 1.04 bits per heavy atom. The first-order chi connectivity index (χ1) is 12.1. The van der Waals surface area contributed by atoms with Gasteiger partial charge >= 0.3 is 0 Å². The second-order valence-electron chi connectivity index (χ2n) is 5.53. The molecule has 0 atom stereocenters. The molecule has 2 aromatic carbocycles. The number of carbonyl (C=O) groups is 1. The quantitative estimate of drug-likeness (QED) is 0.522. The summed E-state index contributed by atoms with van der Waals surface area (Å²) < 4.78 is 0.989. The van der Waals surface area contributed by atoms with Gasteiger partial charge in [0.25, 0.3) is 11.1 Å². The van der Waals surface area contributed by atoms with Crippen molar-refractivity contribution >= 4 is 33.7 Å². The Kier molecular flexibility index (Phi) is 3.42. The molecular weight excluding hydrogens is 322 g/mol. The van der Waals surface area contributed by atoms with Crippen LogP contribution in [0.4, 0.5) is 5.95 Å². The normalized spacial score (nSPS) is 11.0. The number of amides is 1. The van der Waals surface area contributed by atoms with Gasteiger partial charge in [-0.15, -0.1) is 0 Å². The molecule has 8 heteroatoms. The predicted molar refractivity (Wildman–Crippen MR) is 93.6 cm³/mol. The minimum Gasteiger partial charge on any atom is -0.324 e. The Labute approximate surface area is 140 Å². The summed E-state index contributed by atoms with van der Waals surface area (Å²) in [7, 11) is 0. The third-order valence-corrected chi connectivity index (χ3v) is 3.83. The van der Waals surface area contributed by atoms with Gasteiger partial charge in [-0.05, 0) is 24.3 Å². The lowest BCUT2D eigenvalue weighted by Gasteiger charge is -2.06. The van der Waals surface area contributed by atoms with E-state index in [-0.39, 0.29) is 17.9 Å². The van der Waals surface area contributed by atoms with Crippen molar-refractivity contribution < 1.29 is 4.79 Å². The van der Waals surface area contributed by atoms with Crippen LogP contribution in [0, 0.1) is 0 Å². The van der Waals surface area contributed by atoms with E-state index in [4.69, 9.17) is 0 Å². The molecular formula is C17H13N5O3. The fraction of sp³-hybridized carbons (Fsp3) is 0.0588. The van der Waals surface area contributed by atoms with E-state index in [1.807, 2.05) is 24.3 Å². The van der Waals surface area contributed by atoms with Crippen LogP contribution in [0.1, 0.15) is 0 Å². The van der Waals surface area contributed by atoms with E-state index in [9.17, 15) is 14.4 Å². The SMILES string of the molecule is O=C(Cn1[nH]c(=O)c2ccccc2c1=O)Nc1nc2ccccc2[nH]1. The number of benzene rings is 2. The third kappa shape index (κ3) is 2.69. The smallest absolute Gasteiger partial charge is 0.273 e. The second-order valence-corrected chi connectivity index (χ2v) is 5.53. The monoisotopic (exact) mass is 335 g/mol. The number of hydrogen-bond acceptors (Lipinski definition) is 4. The second kappa shape index (κ2) is 5.75. The average molecular weight is 335 g/mol. The Hall–Kier alpha value is -3.68. The lowest BCUT2D eigenvalue weighted by Crippen LogP contribution is -2.34. The number of fused-ring (bicyclic) bond motifs is 2. The Morgan fingerprint density at radius 2 is 1.76 bits per heavy atom. The first kappa shape index (κ1) is 14.9. The minimum absolute atomic E-state index is 0.266. The molecule has 3 N–H and O–H groups in total. The van der Waals surface area contributed by atoms with Crippen LogP contribution in [-0.4, -0.2) is 25.7 Å². The highest BCUT2D eigenvalue weighted by Gasteiger charge is 2.11. The standard InChI is InChI=1S/C17H13N5O3/c23-14(20-17-18-12-7-3-4-8-13(12)19-17)9-22-16(25)11-6-2-1-5-10(11)15(24)21-22/h1-8H,9H2,(H,21,24)(H2,18,19,20,23). The van der Waals surface area contributed by atoms with Crippen molar-refractivity contribution in [1.29, 1.82) is 0 Å². The molecule has 1 amide bonds. The van der Waals surface area contributed by atoms with Gasteiger partial charge in [-0.25, -0.2) is 9.67 Å². The lowest BCUT2D eigenvalue weighted by molar-refractivity contribution is -0.117. The maximum Gasteiger partial charge on any atom is 0.273 e. The summed E-state index contributed by atoms with van der Waals surface area (Å²) in [5.74, 6) is -0.200. The van der Waals surface area contributed by atoms with Crippen LogP contribution in [0.25, 0.3) is 21.8 Å². The number of anilines is 1. The molecule has 0 aliphatic carbocycles. The zero-order valence-corrected chi connectivity index (χ0v) is 12.9. The molecule has 4 aromatic rings. The molecule has 0 unspecified atom stereocenters. The topological polar surface area (TPSA) is 113 Å². The zero-order chi connectivity index (χ0) is 17.4. The molecule has 0 saturated carbocycles. The van der Waals surface area contributed by atoms with Gasteiger partial charge in [0.1, 0.15) is 6.54 Å². The van der Waals surface area contributed by atoms with Gasteiger partial charge in [-0.3, -0.25) is 24.8 Å². The summed E-state index contributed by atoms with van der Waals surface area (Å²) >= 11 is 0.